The molecule has 1 amide bonds. The van der Waals surface area contributed by atoms with Crippen molar-refractivity contribution in [2.75, 3.05) is 6.54 Å². The van der Waals surface area contributed by atoms with Crippen molar-refractivity contribution in [3.05, 3.63) is 35.5 Å². The van der Waals surface area contributed by atoms with Gasteiger partial charge in [0.2, 0.25) is 5.91 Å². The molecule has 1 fully saturated rings. The number of likely N-dealkylation sites (tertiary alicyclic amines) is 1. The first-order valence-electron chi connectivity index (χ1n) is 8.71. The number of aromatic nitrogens is 2. The normalized spacial score (nSPS) is 19.4. The van der Waals surface area contributed by atoms with E-state index in [4.69, 9.17) is 4.74 Å². The standard InChI is InChI=1S/C19H23N3O2/c1-13-6-7-17-16(9-13)19-15(12-24-17)10-20-22(19)11-18(23)21-8-4-3-5-14(21)2/h6-7,9-10,14H,3-5,8,11-12H2,1-2H3/t14-/m1/s1. The molecule has 3 heterocycles. The van der Waals surface area contributed by atoms with Gasteiger partial charge in [0.1, 0.15) is 18.9 Å². The number of fused-ring (bicyclic) bond motifs is 3. The maximum absolute atomic E-state index is 12.8. The molecule has 2 aliphatic heterocycles. The SMILES string of the molecule is Cc1ccc2c(c1)-c1c(cnn1CC(=O)N1CCCC[C@H]1C)CO2. The molecule has 0 bridgehead atoms. The molecule has 2 aromatic rings. The summed E-state index contributed by atoms with van der Waals surface area (Å²) in [5.41, 5.74) is 4.28. The summed E-state index contributed by atoms with van der Waals surface area (Å²) >= 11 is 0. The van der Waals surface area contributed by atoms with Crippen molar-refractivity contribution < 1.29 is 9.53 Å². The smallest absolute Gasteiger partial charge is 0.244 e. The highest BCUT2D eigenvalue weighted by Gasteiger charge is 2.27. The summed E-state index contributed by atoms with van der Waals surface area (Å²) in [6, 6.07) is 6.49. The lowest BCUT2D eigenvalue weighted by Gasteiger charge is -2.33. The maximum atomic E-state index is 12.8. The summed E-state index contributed by atoms with van der Waals surface area (Å²) in [6.07, 6.45) is 5.24. The summed E-state index contributed by atoms with van der Waals surface area (Å²) < 4.78 is 7.65. The first kappa shape index (κ1) is 15.2. The fraction of sp³-hybridized carbons (Fsp3) is 0.474. The quantitative estimate of drug-likeness (QED) is 0.852. The predicted molar refractivity (Wildman–Crippen MR) is 91.8 cm³/mol. The number of carbonyl (C=O) groups is 1. The van der Waals surface area contributed by atoms with Gasteiger partial charge in [0, 0.05) is 23.7 Å². The van der Waals surface area contributed by atoms with Crippen LogP contribution < -0.4 is 4.74 Å². The molecule has 2 aliphatic rings. The fourth-order valence-corrected chi connectivity index (χ4v) is 3.76. The van der Waals surface area contributed by atoms with E-state index in [1.807, 2.05) is 27.9 Å². The second-order valence-corrected chi connectivity index (χ2v) is 6.90. The number of carbonyl (C=O) groups excluding carboxylic acids is 1. The van der Waals surface area contributed by atoms with Crippen molar-refractivity contribution in [2.45, 2.75) is 52.3 Å². The molecule has 5 nitrogen and oxygen atoms in total. The van der Waals surface area contributed by atoms with Crippen molar-refractivity contribution >= 4 is 5.91 Å². The zero-order valence-corrected chi connectivity index (χ0v) is 14.3. The molecule has 0 unspecified atom stereocenters. The Morgan fingerprint density at radius 1 is 1.38 bits per heavy atom. The van der Waals surface area contributed by atoms with Gasteiger partial charge in [0.05, 0.1) is 11.9 Å². The largest absolute Gasteiger partial charge is 0.488 e. The monoisotopic (exact) mass is 325 g/mol. The molecule has 1 atom stereocenters. The van der Waals surface area contributed by atoms with Crippen molar-refractivity contribution in [3.63, 3.8) is 0 Å². The van der Waals surface area contributed by atoms with E-state index in [0.717, 1.165) is 42.0 Å². The number of piperidine rings is 1. The number of benzene rings is 1. The average molecular weight is 325 g/mol. The van der Waals surface area contributed by atoms with Crippen LogP contribution in [0.15, 0.2) is 24.4 Å². The summed E-state index contributed by atoms with van der Waals surface area (Å²) in [5, 5.41) is 4.48. The molecule has 0 saturated carbocycles. The van der Waals surface area contributed by atoms with E-state index in [1.54, 1.807) is 0 Å². The Morgan fingerprint density at radius 2 is 2.25 bits per heavy atom. The second kappa shape index (κ2) is 5.96. The van der Waals surface area contributed by atoms with E-state index in [2.05, 4.69) is 25.0 Å². The van der Waals surface area contributed by atoms with E-state index in [-0.39, 0.29) is 5.91 Å². The van der Waals surface area contributed by atoms with Crippen LogP contribution in [0.1, 0.15) is 37.3 Å². The number of hydrogen-bond donors (Lipinski definition) is 0. The van der Waals surface area contributed by atoms with Gasteiger partial charge < -0.3 is 9.64 Å². The van der Waals surface area contributed by atoms with Crippen LogP contribution in [0.3, 0.4) is 0 Å². The highest BCUT2D eigenvalue weighted by atomic mass is 16.5. The molecule has 1 aromatic heterocycles. The zero-order valence-electron chi connectivity index (χ0n) is 14.3. The lowest BCUT2D eigenvalue weighted by atomic mass is 10.0. The summed E-state index contributed by atoms with van der Waals surface area (Å²) in [5.74, 6) is 1.03. The van der Waals surface area contributed by atoms with Crippen molar-refractivity contribution in [2.24, 2.45) is 0 Å². The van der Waals surface area contributed by atoms with Gasteiger partial charge in [-0.3, -0.25) is 9.48 Å². The van der Waals surface area contributed by atoms with Crippen LogP contribution in [0.4, 0.5) is 0 Å². The Morgan fingerprint density at radius 3 is 3.08 bits per heavy atom. The van der Waals surface area contributed by atoms with E-state index in [0.29, 0.717) is 19.2 Å². The first-order chi connectivity index (χ1) is 11.6. The number of rotatable bonds is 2. The van der Waals surface area contributed by atoms with Crippen LogP contribution in [0.25, 0.3) is 11.3 Å². The molecule has 1 saturated heterocycles. The highest BCUT2D eigenvalue weighted by Crippen LogP contribution is 2.38. The Kier molecular flexibility index (Phi) is 3.79. The van der Waals surface area contributed by atoms with Gasteiger partial charge in [0.15, 0.2) is 0 Å². The molecule has 126 valence electrons. The molecule has 4 rings (SSSR count). The Labute approximate surface area is 142 Å². The number of amides is 1. The second-order valence-electron chi connectivity index (χ2n) is 6.90. The average Bonchev–Trinajstić information content (AvgIpc) is 2.98. The van der Waals surface area contributed by atoms with Gasteiger partial charge in [-0.15, -0.1) is 0 Å². The number of hydrogen-bond acceptors (Lipinski definition) is 3. The first-order valence-corrected chi connectivity index (χ1v) is 8.71. The lowest BCUT2D eigenvalue weighted by Crippen LogP contribution is -2.43. The van der Waals surface area contributed by atoms with Crippen LogP contribution in [0.5, 0.6) is 5.75 Å². The minimum Gasteiger partial charge on any atom is -0.488 e. The van der Waals surface area contributed by atoms with Crippen molar-refractivity contribution in [1.29, 1.82) is 0 Å². The van der Waals surface area contributed by atoms with Gasteiger partial charge in [-0.05, 0) is 45.2 Å². The van der Waals surface area contributed by atoms with E-state index in [9.17, 15) is 4.79 Å². The minimum absolute atomic E-state index is 0.161. The number of ether oxygens (including phenoxy) is 1. The predicted octanol–water partition coefficient (Wildman–Crippen LogP) is 3.15. The molecule has 0 N–H and O–H groups in total. The Balaban J connectivity index is 1.64. The Bertz CT molecular complexity index is 781. The molecule has 0 spiro atoms. The Hall–Kier alpha value is -2.30. The van der Waals surface area contributed by atoms with E-state index in [1.165, 1.54) is 12.0 Å². The van der Waals surface area contributed by atoms with Crippen LogP contribution in [-0.4, -0.2) is 33.2 Å². The number of aryl methyl sites for hydroxylation is 1. The highest BCUT2D eigenvalue weighted by molar-refractivity contribution is 5.79. The molecule has 0 radical (unpaired) electrons. The van der Waals surface area contributed by atoms with Gasteiger partial charge in [0.25, 0.3) is 0 Å². The molecule has 5 heteroatoms. The fourth-order valence-electron chi connectivity index (χ4n) is 3.76. The molecular weight excluding hydrogens is 302 g/mol. The molecule has 0 aliphatic carbocycles. The summed E-state index contributed by atoms with van der Waals surface area (Å²) in [7, 11) is 0. The summed E-state index contributed by atoms with van der Waals surface area (Å²) in [6.45, 7) is 5.88. The third-order valence-corrected chi connectivity index (χ3v) is 5.10. The van der Waals surface area contributed by atoms with Gasteiger partial charge in [-0.2, -0.15) is 5.10 Å². The maximum Gasteiger partial charge on any atom is 0.244 e. The van der Waals surface area contributed by atoms with Gasteiger partial charge in [-0.1, -0.05) is 11.6 Å². The topological polar surface area (TPSA) is 47.4 Å². The lowest BCUT2D eigenvalue weighted by molar-refractivity contribution is -0.135. The number of nitrogens with zero attached hydrogens (tertiary/aromatic N) is 3. The van der Waals surface area contributed by atoms with Crippen LogP contribution in [-0.2, 0) is 17.9 Å². The van der Waals surface area contributed by atoms with Crippen molar-refractivity contribution in [1.82, 2.24) is 14.7 Å². The van der Waals surface area contributed by atoms with E-state index < -0.39 is 0 Å². The van der Waals surface area contributed by atoms with Crippen LogP contribution >= 0.6 is 0 Å². The third-order valence-electron chi connectivity index (χ3n) is 5.10. The van der Waals surface area contributed by atoms with Crippen LogP contribution in [0.2, 0.25) is 0 Å². The molecule has 24 heavy (non-hydrogen) atoms. The van der Waals surface area contributed by atoms with Crippen molar-refractivity contribution in [3.8, 4) is 17.0 Å². The minimum atomic E-state index is 0.161. The van der Waals surface area contributed by atoms with Gasteiger partial charge in [-0.25, -0.2) is 0 Å². The summed E-state index contributed by atoms with van der Waals surface area (Å²) in [4.78, 5) is 14.8. The van der Waals surface area contributed by atoms with Crippen LogP contribution in [0, 0.1) is 6.92 Å². The molecule has 1 aromatic carbocycles. The van der Waals surface area contributed by atoms with Gasteiger partial charge >= 0.3 is 0 Å². The molecular formula is C19H23N3O2. The third kappa shape index (κ3) is 2.58. The zero-order chi connectivity index (χ0) is 16.7. The van der Waals surface area contributed by atoms with E-state index >= 15 is 0 Å².